The van der Waals surface area contributed by atoms with Crippen LogP contribution < -0.4 is 0 Å². The Morgan fingerprint density at radius 3 is 2.25 bits per heavy atom. The highest BCUT2D eigenvalue weighted by atomic mass is 14.4. The molecule has 0 heterocycles. The van der Waals surface area contributed by atoms with Crippen molar-refractivity contribution in [3.05, 3.63) is 0 Å². The normalized spacial score (nSPS) is 45.2. The van der Waals surface area contributed by atoms with E-state index in [2.05, 4.69) is 27.7 Å². The maximum Gasteiger partial charge on any atom is -0.0357 e. The number of hydrogen-bond acceptors (Lipinski definition) is 0. The fraction of sp³-hybridized carbons (Fsp3) is 1.00. The van der Waals surface area contributed by atoms with Gasteiger partial charge in [0.15, 0.2) is 0 Å². The largest absolute Gasteiger partial charge is 0.0625 e. The Balaban J connectivity index is 1.94. The Labute approximate surface area is 102 Å². The average Bonchev–Trinajstić information content (AvgIpc) is 2.60. The van der Waals surface area contributed by atoms with Crippen molar-refractivity contribution in [2.45, 2.75) is 66.2 Å². The van der Waals surface area contributed by atoms with E-state index in [0.717, 1.165) is 35.5 Å². The van der Waals surface area contributed by atoms with Crippen molar-refractivity contribution in [3.63, 3.8) is 0 Å². The van der Waals surface area contributed by atoms with Crippen molar-refractivity contribution in [2.75, 3.05) is 0 Å². The van der Waals surface area contributed by atoms with Crippen LogP contribution in [0.4, 0.5) is 0 Å². The SMILES string of the molecule is CC(C)C1CCCC(C2CCC(C)C2C)C1. The molecule has 0 radical (unpaired) electrons. The molecule has 2 aliphatic rings. The molecule has 2 fully saturated rings. The Hall–Kier alpha value is 0. The molecule has 0 aliphatic heterocycles. The molecule has 2 rings (SSSR count). The summed E-state index contributed by atoms with van der Waals surface area (Å²) >= 11 is 0. The van der Waals surface area contributed by atoms with Gasteiger partial charge in [0.1, 0.15) is 0 Å². The summed E-state index contributed by atoms with van der Waals surface area (Å²) in [5, 5.41) is 0. The molecule has 0 bridgehead atoms. The molecule has 5 atom stereocenters. The zero-order valence-electron chi connectivity index (χ0n) is 11.7. The summed E-state index contributed by atoms with van der Waals surface area (Å²) in [7, 11) is 0. The molecule has 0 amide bonds. The quantitative estimate of drug-likeness (QED) is 0.607. The smallest absolute Gasteiger partial charge is 0.0357 e. The van der Waals surface area contributed by atoms with Crippen LogP contribution in [-0.2, 0) is 0 Å². The van der Waals surface area contributed by atoms with E-state index in [1.165, 1.54) is 32.1 Å². The molecule has 5 unspecified atom stereocenters. The highest BCUT2D eigenvalue weighted by Crippen LogP contribution is 2.47. The van der Waals surface area contributed by atoms with Gasteiger partial charge in [-0.3, -0.25) is 0 Å². The van der Waals surface area contributed by atoms with Crippen LogP contribution in [0.2, 0.25) is 0 Å². The average molecular weight is 222 g/mol. The van der Waals surface area contributed by atoms with E-state index in [1.54, 1.807) is 6.42 Å². The topological polar surface area (TPSA) is 0 Å². The van der Waals surface area contributed by atoms with Crippen LogP contribution in [0.25, 0.3) is 0 Å². The Kier molecular flexibility index (Phi) is 3.97. The molecule has 2 aliphatic carbocycles. The molecule has 0 spiro atoms. The molecule has 94 valence electrons. The van der Waals surface area contributed by atoms with E-state index in [0.29, 0.717) is 0 Å². The van der Waals surface area contributed by atoms with Gasteiger partial charge in [-0.2, -0.15) is 0 Å². The summed E-state index contributed by atoms with van der Waals surface area (Å²) in [6.07, 6.45) is 9.10. The second-order valence-electron chi connectivity index (χ2n) is 7.01. The zero-order chi connectivity index (χ0) is 11.7. The first kappa shape index (κ1) is 12.5. The van der Waals surface area contributed by atoms with Gasteiger partial charge < -0.3 is 0 Å². The van der Waals surface area contributed by atoms with Crippen LogP contribution in [0, 0.1) is 35.5 Å². The van der Waals surface area contributed by atoms with Crippen LogP contribution in [-0.4, -0.2) is 0 Å². The minimum Gasteiger partial charge on any atom is -0.0625 e. The molecule has 2 saturated carbocycles. The number of rotatable bonds is 2. The van der Waals surface area contributed by atoms with Crippen LogP contribution >= 0.6 is 0 Å². The van der Waals surface area contributed by atoms with Gasteiger partial charge in [-0.05, 0) is 48.3 Å². The molecule has 0 N–H and O–H groups in total. The fourth-order valence-corrected chi connectivity index (χ4v) is 4.33. The fourth-order valence-electron chi connectivity index (χ4n) is 4.33. The van der Waals surface area contributed by atoms with Crippen molar-refractivity contribution in [1.29, 1.82) is 0 Å². The number of hydrogen-bond donors (Lipinski definition) is 0. The third-order valence-electron chi connectivity index (χ3n) is 5.83. The summed E-state index contributed by atoms with van der Waals surface area (Å²) in [5.74, 6) is 6.07. The second kappa shape index (κ2) is 5.10. The zero-order valence-corrected chi connectivity index (χ0v) is 11.7. The van der Waals surface area contributed by atoms with E-state index >= 15 is 0 Å². The molecular formula is C16H30. The first-order valence-electron chi connectivity index (χ1n) is 7.59. The van der Waals surface area contributed by atoms with Gasteiger partial charge in [0.05, 0.1) is 0 Å². The lowest BCUT2D eigenvalue weighted by molar-refractivity contribution is 0.137. The van der Waals surface area contributed by atoms with Gasteiger partial charge in [0.2, 0.25) is 0 Å². The van der Waals surface area contributed by atoms with Crippen molar-refractivity contribution >= 4 is 0 Å². The second-order valence-corrected chi connectivity index (χ2v) is 7.01. The Morgan fingerprint density at radius 2 is 1.69 bits per heavy atom. The maximum atomic E-state index is 2.52. The molecule has 0 aromatic carbocycles. The van der Waals surface area contributed by atoms with Crippen molar-refractivity contribution in [2.24, 2.45) is 35.5 Å². The molecule has 16 heavy (non-hydrogen) atoms. The van der Waals surface area contributed by atoms with Gasteiger partial charge >= 0.3 is 0 Å². The van der Waals surface area contributed by atoms with Crippen molar-refractivity contribution in [3.8, 4) is 0 Å². The first-order valence-corrected chi connectivity index (χ1v) is 7.59. The molecule has 0 aromatic rings. The summed E-state index contributed by atoms with van der Waals surface area (Å²) in [6, 6.07) is 0. The van der Waals surface area contributed by atoms with E-state index < -0.39 is 0 Å². The summed E-state index contributed by atoms with van der Waals surface area (Å²) in [5.41, 5.74) is 0. The monoisotopic (exact) mass is 222 g/mol. The minimum atomic E-state index is 0.914. The predicted octanol–water partition coefficient (Wildman–Crippen LogP) is 5.13. The standard InChI is InChI=1S/C16H30/c1-11(2)14-6-5-7-15(10-14)16-9-8-12(3)13(16)4/h11-16H,5-10H2,1-4H3. The molecule has 0 saturated heterocycles. The molecule has 0 nitrogen and oxygen atoms in total. The van der Waals surface area contributed by atoms with Crippen LogP contribution in [0.1, 0.15) is 66.2 Å². The van der Waals surface area contributed by atoms with Crippen molar-refractivity contribution in [1.82, 2.24) is 0 Å². The lowest BCUT2D eigenvalue weighted by Crippen LogP contribution is -2.27. The van der Waals surface area contributed by atoms with Crippen LogP contribution in [0.5, 0.6) is 0 Å². The summed E-state index contributed by atoms with van der Waals surface area (Å²) in [6.45, 7) is 9.83. The molecular weight excluding hydrogens is 192 g/mol. The predicted molar refractivity (Wildman–Crippen MR) is 71.3 cm³/mol. The summed E-state index contributed by atoms with van der Waals surface area (Å²) in [4.78, 5) is 0. The Bertz CT molecular complexity index is 218. The van der Waals surface area contributed by atoms with E-state index in [1.807, 2.05) is 0 Å². The van der Waals surface area contributed by atoms with E-state index in [-0.39, 0.29) is 0 Å². The van der Waals surface area contributed by atoms with Crippen LogP contribution in [0.15, 0.2) is 0 Å². The molecule has 0 heteroatoms. The van der Waals surface area contributed by atoms with Gasteiger partial charge in [-0.15, -0.1) is 0 Å². The van der Waals surface area contributed by atoms with Gasteiger partial charge in [-0.25, -0.2) is 0 Å². The maximum absolute atomic E-state index is 2.52. The van der Waals surface area contributed by atoms with Crippen molar-refractivity contribution < 1.29 is 0 Å². The van der Waals surface area contributed by atoms with Gasteiger partial charge in [-0.1, -0.05) is 53.4 Å². The van der Waals surface area contributed by atoms with Crippen LogP contribution in [0.3, 0.4) is 0 Å². The molecule has 0 aromatic heterocycles. The third-order valence-corrected chi connectivity index (χ3v) is 5.83. The lowest BCUT2D eigenvalue weighted by Gasteiger charge is -2.37. The van der Waals surface area contributed by atoms with Gasteiger partial charge in [0, 0.05) is 0 Å². The highest BCUT2D eigenvalue weighted by molar-refractivity contribution is 4.87. The van der Waals surface area contributed by atoms with E-state index in [4.69, 9.17) is 0 Å². The summed E-state index contributed by atoms with van der Waals surface area (Å²) < 4.78 is 0. The van der Waals surface area contributed by atoms with Gasteiger partial charge in [0.25, 0.3) is 0 Å². The lowest BCUT2D eigenvalue weighted by atomic mass is 9.69. The third kappa shape index (κ3) is 2.46. The minimum absolute atomic E-state index is 0.914. The Morgan fingerprint density at radius 1 is 0.938 bits per heavy atom. The highest BCUT2D eigenvalue weighted by Gasteiger charge is 2.37. The van der Waals surface area contributed by atoms with E-state index in [9.17, 15) is 0 Å². The first-order chi connectivity index (χ1) is 7.59.